The van der Waals surface area contributed by atoms with Crippen LogP contribution < -0.4 is 0 Å². The Hall–Kier alpha value is -1.36. The van der Waals surface area contributed by atoms with Crippen molar-refractivity contribution in [1.29, 1.82) is 0 Å². The lowest BCUT2D eigenvalue weighted by Gasteiger charge is -2.50. The van der Waals surface area contributed by atoms with Crippen LogP contribution >= 0.6 is 0 Å². The lowest BCUT2D eigenvalue weighted by atomic mass is 9.66. The number of aromatic nitrogens is 2. The van der Waals surface area contributed by atoms with Crippen LogP contribution in [0.2, 0.25) is 0 Å². The van der Waals surface area contributed by atoms with E-state index in [0.29, 0.717) is 18.1 Å². The van der Waals surface area contributed by atoms with Crippen molar-refractivity contribution in [3.8, 4) is 0 Å². The number of nitrogens with zero attached hydrogens (tertiary/aromatic N) is 4. The SMILES string of the molecule is CC(C)n1nccc1C(=O)N1C[C@@H]2C[C@@]3(C)[C@H](CCC[C@@H]13)N2C. The van der Waals surface area contributed by atoms with E-state index in [-0.39, 0.29) is 17.4 Å². The van der Waals surface area contributed by atoms with E-state index in [1.165, 1.54) is 19.3 Å². The number of likely N-dealkylation sites (N-methyl/N-ethyl adjacent to an activating group) is 1. The highest BCUT2D eigenvalue weighted by atomic mass is 16.2. The van der Waals surface area contributed by atoms with Crippen molar-refractivity contribution < 1.29 is 4.79 Å². The van der Waals surface area contributed by atoms with E-state index < -0.39 is 0 Å². The number of fused-ring (bicyclic) bond motifs is 1. The first-order valence-electron chi connectivity index (χ1n) is 9.00. The maximum absolute atomic E-state index is 13.3. The minimum Gasteiger partial charge on any atom is -0.332 e. The maximum atomic E-state index is 13.3. The molecule has 4 atom stereocenters. The first kappa shape index (κ1) is 15.2. The van der Waals surface area contributed by atoms with Crippen molar-refractivity contribution in [2.24, 2.45) is 5.41 Å². The van der Waals surface area contributed by atoms with Crippen LogP contribution in [0.1, 0.15) is 63.0 Å². The van der Waals surface area contributed by atoms with Gasteiger partial charge in [-0.25, -0.2) is 0 Å². The molecule has 0 unspecified atom stereocenters. The second-order valence-electron chi connectivity index (χ2n) is 8.20. The zero-order valence-electron chi connectivity index (χ0n) is 14.7. The van der Waals surface area contributed by atoms with Gasteiger partial charge in [0.15, 0.2) is 0 Å². The molecule has 2 saturated heterocycles. The van der Waals surface area contributed by atoms with Crippen LogP contribution in [0.25, 0.3) is 0 Å². The van der Waals surface area contributed by atoms with E-state index >= 15 is 0 Å². The zero-order valence-corrected chi connectivity index (χ0v) is 14.7. The van der Waals surface area contributed by atoms with E-state index in [2.05, 4.69) is 42.7 Å². The fourth-order valence-corrected chi connectivity index (χ4v) is 5.56. The van der Waals surface area contributed by atoms with Crippen LogP contribution in [0.15, 0.2) is 12.3 Å². The number of carbonyl (C=O) groups is 1. The third kappa shape index (κ3) is 2.02. The van der Waals surface area contributed by atoms with Gasteiger partial charge in [-0.3, -0.25) is 14.4 Å². The zero-order chi connectivity index (χ0) is 16.4. The van der Waals surface area contributed by atoms with Crippen LogP contribution in [0.5, 0.6) is 0 Å². The summed E-state index contributed by atoms with van der Waals surface area (Å²) in [6.45, 7) is 7.44. The molecule has 1 aromatic rings. The molecule has 3 fully saturated rings. The van der Waals surface area contributed by atoms with Gasteiger partial charge in [0, 0.05) is 42.3 Å². The summed E-state index contributed by atoms with van der Waals surface area (Å²) in [7, 11) is 2.26. The fourth-order valence-electron chi connectivity index (χ4n) is 5.56. The number of likely N-dealkylation sites (tertiary alicyclic amines) is 2. The molecule has 5 heteroatoms. The molecular formula is C18H28N4O. The predicted octanol–water partition coefficient (Wildman–Crippen LogP) is 2.55. The van der Waals surface area contributed by atoms with Crippen LogP contribution in [0.4, 0.5) is 0 Å². The standard InChI is InChI=1S/C18H28N4O/c1-12(2)22-14(8-9-19-22)17(23)21-11-13-10-18(3)15(20(13)4)6-5-7-16(18)21/h8-9,12-13,15-16H,5-7,10-11H2,1-4H3/t13-,15-,16+,18-/m0/s1. The summed E-state index contributed by atoms with van der Waals surface area (Å²) in [5.41, 5.74) is 1.00. The molecule has 3 heterocycles. The minimum absolute atomic E-state index is 0.174. The molecule has 2 bridgehead atoms. The van der Waals surface area contributed by atoms with Gasteiger partial charge in [-0.2, -0.15) is 5.10 Å². The Kier molecular flexibility index (Phi) is 3.34. The molecule has 1 saturated carbocycles. The van der Waals surface area contributed by atoms with Crippen molar-refractivity contribution in [3.63, 3.8) is 0 Å². The van der Waals surface area contributed by atoms with Crippen LogP contribution in [-0.4, -0.2) is 57.2 Å². The van der Waals surface area contributed by atoms with Gasteiger partial charge in [-0.05, 0) is 52.6 Å². The van der Waals surface area contributed by atoms with Gasteiger partial charge in [-0.15, -0.1) is 0 Å². The fraction of sp³-hybridized carbons (Fsp3) is 0.778. The average molecular weight is 316 g/mol. The summed E-state index contributed by atoms with van der Waals surface area (Å²) < 4.78 is 1.87. The van der Waals surface area contributed by atoms with Gasteiger partial charge >= 0.3 is 0 Å². The van der Waals surface area contributed by atoms with E-state index in [1.807, 2.05) is 10.7 Å². The summed E-state index contributed by atoms with van der Waals surface area (Å²) in [5.74, 6) is 0.174. The normalized spacial score (nSPS) is 36.7. The van der Waals surface area contributed by atoms with E-state index in [4.69, 9.17) is 0 Å². The highest BCUT2D eigenvalue weighted by Gasteiger charge is 2.59. The number of carbonyl (C=O) groups excluding carboxylic acids is 1. The molecule has 2 aliphatic heterocycles. The molecule has 1 aliphatic carbocycles. The van der Waals surface area contributed by atoms with Crippen molar-refractivity contribution in [3.05, 3.63) is 18.0 Å². The summed E-state index contributed by atoms with van der Waals surface area (Å²) in [6.07, 6.45) is 6.66. The Morgan fingerprint density at radius 1 is 1.35 bits per heavy atom. The van der Waals surface area contributed by atoms with E-state index in [0.717, 1.165) is 18.7 Å². The molecule has 5 nitrogen and oxygen atoms in total. The second-order valence-corrected chi connectivity index (χ2v) is 8.20. The first-order chi connectivity index (χ1) is 10.9. The lowest BCUT2D eigenvalue weighted by molar-refractivity contribution is 0.0108. The van der Waals surface area contributed by atoms with Crippen molar-refractivity contribution in [2.45, 2.75) is 70.6 Å². The lowest BCUT2D eigenvalue weighted by Crippen LogP contribution is -2.58. The Balaban J connectivity index is 1.70. The Morgan fingerprint density at radius 3 is 2.83 bits per heavy atom. The van der Waals surface area contributed by atoms with Crippen LogP contribution in [0, 0.1) is 5.41 Å². The molecule has 1 aromatic heterocycles. The minimum atomic E-state index is 0.174. The monoisotopic (exact) mass is 316 g/mol. The highest BCUT2D eigenvalue weighted by Crippen LogP contribution is 2.53. The van der Waals surface area contributed by atoms with Crippen molar-refractivity contribution in [1.82, 2.24) is 19.6 Å². The Morgan fingerprint density at radius 2 is 2.09 bits per heavy atom. The molecular weight excluding hydrogens is 288 g/mol. The van der Waals surface area contributed by atoms with Gasteiger partial charge in [0.25, 0.3) is 5.91 Å². The summed E-state index contributed by atoms with van der Waals surface area (Å²) in [6, 6.07) is 3.62. The molecule has 0 spiro atoms. The number of piperidine rings is 1. The van der Waals surface area contributed by atoms with E-state index in [9.17, 15) is 4.79 Å². The Bertz CT molecular complexity index is 624. The second kappa shape index (κ2) is 5.07. The van der Waals surface area contributed by atoms with Gasteiger partial charge in [0.1, 0.15) is 5.69 Å². The highest BCUT2D eigenvalue weighted by molar-refractivity contribution is 5.93. The van der Waals surface area contributed by atoms with Crippen LogP contribution in [0.3, 0.4) is 0 Å². The molecule has 126 valence electrons. The third-order valence-electron chi connectivity index (χ3n) is 6.64. The molecule has 1 amide bonds. The summed E-state index contributed by atoms with van der Waals surface area (Å²) in [5, 5.41) is 4.36. The van der Waals surface area contributed by atoms with Gasteiger partial charge in [-0.1, -0.05) is 6.92 Å². The molecule has 23 heavy (non-hydrogen) atoms. The average Bonchev–Trinajstić information content (AvgIpc) is 3.08. The number of hydrogen-bond donors (Lipinski definition) is 0. The van der Waals surface area contributed by atoms with E-state index in [1.54, 1.807) is 6.20 Å². The molecule has 0 radical (unpaired) electrons. The van der Waals surface area contributed by atoms with Gasteiger partial charge < -0.3 is 4.90 Å². The largest absolute Gasteiger partial charge is 0.332 e. The van der Waals surface area contributed by atoms with Crippen molar-refractivity contribution in [2.75, 3.05) is 13.6 Å². The smallest absolute Gasteiger partial charge is 0.272 e. The third-order valence-corrected chi connectivity index (χ3v) is 6.64. The summed E-state index contributed by atoms with van der Waals surface area (Å²) in [4.78, 5) is 18.0. The number of hydrogen-bond acceptors (Lipinski definition) is 3. The molecule has 0 N–H and O–H groups in total. The van der Waals surface area contributed by atoms with Gasteiger partial charge in [0.05, 0.1) is 0 Å². The maximum Gasteiger partial charge on any atom is 0.272 e. The first-order valence-corrected chi connectivity index (χ1v) is 9.00. The van der Waals surface area contributed by atoms with Crippen LogP contribution in [-0.2, 0) is 0 Å². The van der Waals surface area contributed by atoms with Crippen molar-refractivity contribution >= 4 is 5.91 Å². The number of amides is 1. The topological polar surface area (TPSA) is 41.4 Å². The van der Waals surface area contributed by atoms with Gasteiger partial charge in [0.2, 0.25) is 0 Å². The Labute approximate surface area is 138 Å². The predicted molar refractivity (Wildman–Crippen MR) is 89.4 cm³/mol. The molecule has 3 aliphatic rings. The molecule has 0 aromatic carbocycles. The molecule has 4 rings (SSSR count). The quantitative estimate of drug-likeness (QED) is 0.842. The number of rotatable bonds is 2. The summed E-state index contributed by atoms with van der Waals surface area (Å²) >= 11 is 0.